The third kappa shape index (κ3) is 14.4. The van der Waals surface area contributed by atoms with E-state index in [0.29, 0.717) is 12.0 Å². The Labute approximate surface area is 229 Å². The molecule has 7 nitrogen and oxygen atoms in total. The van der Waals surface area contributed by atoms with Gasteiger partial charge < -0.3 is 18.9 Å². The molecule has 0 aliphatic rings. The number of carbonyl (C=O) groups excluding carboxylic acids is 3. The number of carbonyl (C=O) groups is 3. The fourth-order valence-electron chi connectivity index (χ4n) is 4.62. The zero-order chi connectivity index (χ0) is 28.2. The second kappa shape index (κ2) is 20.4. The molecule has 1 aromatic rings. The van der Waals surface area contributed by atoms with Crippen LogP contribution in [0.5, 0.6) is 23.0 Å². The Morgan fingerprint density at radius 2 is 0.921 bits per heavy atom. The molecule has 0 radical (unpaired) electrons. The van der Waals surface area contributed by atoms with Gasteiger partial charge in [0, 0.05) is 32.4 Å². The maximum Gasteiger partial charge on any atom is 0.308 e. The van der Waals surface area contributed by atoms with Gasteiger partial charge >= 0.3 is 17.9 Å². The van der Waals surface area contributed by atoms with Crippen LogP contribution in [0.4, 0.5) is 0 Å². The smallest absolute Gasteiger partial charge is 0.308 e. The van der Waals surface area contributed by atoms with E-state index < -0.39 is 17.9 Å². The minimum atomic E-state index is -0.564. The topological polar surface area (TPSA) is 88.1 Å². The van der Waals surface area contributed by atoms with Gasteiger partial charge in [-0.15, -0.1) is 0 Å². The van der Waals surface area contributed by atoms with Crippen LogP contribution in [0.1, 0.15) is 136 Å². The van der Waals surface area contributed by atoms with E-state index in [-0.39, 0.29) is 23.0 Å². The third-order valence-electron chi connectivity index (χ3n) is 6.50. The fourth-order valence-corrected chi connectivity index (χ4v) is 4.62. The summed E-state index contributed by atoms with van der Waals surface area (Å²) in [5.41, 5.74) is 0.483. The van der Waals surface area contributed by atoms with Crippen LogP contribution >= 0.6 is 0 Å². The molecule has 0 N–H and O–H groups in total. The summed E-state index contributed by atoms with van der Waals surface area (Å²) in [6.07, 6.45) is 20.7. The molecule has 0 amide bonds. The molecule has 1 rings (SSSR count). The van der Waals surface area contributed by atoms with Crippen molar-refractivity contribution < 1.29 is 33.3 Å². The van der Waals surface area contributed by atoms with Crippen molar-refractivity contribution in [1.82, 2.24) is 0 Å². The molecule has 0 unspecified atom stereocenters. The lowest BCUT2D eigenvalue weighted by molar-refractivity contribution is -0.134. The number of hydrogen-bond acceptors (Lipinski definition) is 7. The van der Waals surface area contributed by atoms with Crippen molar-refractivity contribution in [3.63, 3.8) is 0 Å². The average molecular weight is 535 g/mol. The molecule has 0 heterocycles. The van der Waals surface area contributed by atoms with E-state index in [1.165, 1.54) is 117 Å². The van der Waals surface area contributed by atoms with E-state index in [1.807, 2.05) is 0 Å². The number of rotatable bonds is 21. The van der Waals surface area contributed by atoms with E-state index in [0.717, 1.165) is 19.3 Å². The van der Waals surface area contributed by atoms with Crippen molar-refractivity contribution in [3.8, 4) is 23.0 Å². The van der Waals surface area contributed by atoms with E-state index in [2.05, 4.69) is 6.92 Å². The van der Waals surface area contributed by atoms with Crippen LogP contribution < -0.4 is 18.9 Å². The zero-order valence-corrected chi connectivity index (χ0v) is 24.5. The van der Waals surface area contributed by atoms with Gasteiger partial charge in [-0.2, -0.15) is 0 Å². The number of unbranched alkanes of at least 4 members (excludes halogenated alkanes) is 15. The summed E-state index contributed by atoms with van der Waals surface area (Å²) in [6.45, 7) is 6.09. The highest BCUT2D eigenvalue weighted by Gasteiger charge is 2.25. The average Bonchev–Trinajstić information content (AvgIpc) is 2.85. The van der Waals surface area contributed by atoms with Crippen LogP contribution in [-0.2, 0) is 20.8 Å². The van der Waals surface area contributed by atoms with Crippen LogP contribution in [-0.4, -0.2) is 25.0 Å². The maximum absolute atomic E-state index is 11.8. The number of esters is 3. The molecule has 0 aromatic heterocycles. The first-order valence-corrected chi connectivity index (χ1v) is 14.6. The van der Waals surface area contributed by atoms with Crippen molar-refractivity contribution in [2.24, 2.45) is 0 Å². The van der Waals surface area contributed by atoms with Gasteiger partial charge in [-0.25, -0.2) is 0 Å². The Morgan fingerprint density at radius 1 is 0.553 bits per heavy atom. The largest absolute Gasteiger partial charge is 0.493 e. The Morgan fingerprint density at radius 3 is 1.29 bits per heavy atom. The lowest BCUT2D eigenvalue weighted by Gasteiger charge is -2.19. The molecule has 0 spiro atoms. The first kappa shape index (κ1) is 33.5. The normalized spacial score (nSPS) is 10.8. The SMILES string of the molecule is CCCCCCCCCCCCCCCCCCc1c(OC(C)=O)c(OC)cc(OC(C)=O)c1OC(C)=O. The molecule has 7 heteroatoms. The Kier molecular flexibility index (Phi) is 18.0. The molecular formula is C31H50O7. The second-order valence-corrected chi connectivity index (χ2v) is 10.0. The quantitative estimate of drug-likeness (QED) is 0.0890. The first-order valence-electron chi connectivity index (χ1n) is 14.6. The van der Waals surface area contributed by atoms with E-state index in [9.17, 15) is 14.4 Å². The standard InChI is InChI=1S/C31H50O7/c1-6-7-8-9-10-11-12-13-14-15-16-17-18-19-20-21-22-27-30(37-25(3)33)28(35-5)23-29(36-24(2)32)31(27)38-26(4)34/h23H,6-22H2,1-5H3. The summed E-state index contributed by atoms with van der Waals surface area (Å²) >= 11 is 0. The van der Waals surface area contributed by atoms with Crippen molar-refractivity contribution >= 4 is 17.9 Å². The lowest BCUT2D eigenvalue weighted by Crippen LogP contribution is -2.12. The molecule has 0 atom stereocenters. The summed E-state index contributed by atoms with van der Waals surface area (Å²) in [4.78, 5) is 35.2. The van der Waals surface area contributed by atoms with Gasteiger partial charge in [0.1, 0.15) is 0 Å². The van der Waals surface area contributed by atoms with Gasteiger partial charge in [0.15, 0.2) is 23.0 Å². The minimum absolute atomic E-state index is 0.0620. The predicted molar refractivity (Wildman–Crippen MR) is 150 cm³/mol. The summed E-state index contributed by atoms with van der Waals surface area (Å²) in [7, 11) is 1.43. The Balaban J connectivity index is 2.53. The lowest BCUT2D eigenvalue weighted by atomic mass is 10.0. The molecule has 0 saturated carbocycles. The van der Waals surface area contributed by atoms with Gasteiger partial charge in [0.2, 0.25) is 0 Å². The molecule has 216 valence electrons. The van der Waals surface area contributed by atoms with Crippen LogP contribution in [0.15, 0.2) is 6.07 Å². The molecular weight excluding hydrogens is 484 g/mol. The minimum Gasteiger partial charge on any atom is -0.493 e. The van der Waals surface area contributed by atoms with Crippen LogP contribution in [0.2, 0.25) is 0 Å². The number of ether oxygens (including phenoxy) is 4. The Hall–Kier alpha value is -2.57. The number of hydrogen-bond donors (Lipinski definition) is 0. The van der Waals surface area contributed by atoms with E-state index in [4.69, 9.17) is 18.9 Å². The van der Waals surface area contributed by atoms with Crippen molar-refractivity contribution in [1.29, 1.82) is 0 Å². The summed E-state index contributed by atoms with van der Waals surface area (Å²) < 4.78 is 21.5. The number of methoxy groups -OCH3 is 1. The zero-order valence-electron chi connectivity index (χ0n) is 24.5. The van der Waals surface area contributed by atoms with Crippen molar-refractivity contribution in [3.05, 3.63) is 11.6 Å². The van der Waals surface area contributed by atoms with Gasteiger partial charge in [-0.3, -0.25) is 14.4 Å². The first-order chi connectivity index (χ1) is 18.3. The van der Waals surface area contributed by atoms with E-state index >= 15 is 0 Å². The Bertz CT molecular complexity index is 847. The number of benzene rings is 1. The summed E-state index contributed by atoms with van der Waals surface area (Å²) in [5.74, 6) is -1.07. The van der Waals surface area contributed by atoms with Gasteiger partial charge in [0.25, 0.3) is 0 Å². The molecule has 0 saturated heterocycles. The van der Waals surface area contributed by atoms with Gasteiger partial charge in [-0.05, 0) is 12.8 Å². The molecule has 0 aliphatic heterocycles. The summed E-state index contributed by atoms with van der Waals surface area (Å²) in [6, 6.07) is 1.40. The highest BCUT2D eigenvalue weighted by Crippen LogP contribution is 2.46. The van der Waals surface area contributed by atoms with Crippen molar-refractivity contribution in [2.45, 2.75) is 137 Å². The van der Waals surface area contributed by atoms with Gasteiger partial charge in [-0.1, -0.05) is 103 Å². The second-order valence-electron chi connectivity index (χ2n) is 10.0. The summed E-state index contributed by atoms with van der Waals surface area (Å²) in [5, 5.41) is 0. The van der Waals surface area contributed by atoms with Crippen LogP contribution in [0.3, 0.4) is 0 Å². The predicted octanol–water partition coefficient (Wildman–Crippen LogP) is 8.28. The fraction of sp³-hybridized carbons (Fsp3) is 0.710. The molecule has 1 aromatic carbocycles. The van der Waals surface area contributed by atoms with Crippen LogP contribution in [0.25, 0.3) is 0 Å². The van der Waals surface area contributed by atoms with E-state index in [1.54, 1.807) is 0 Å². The highest BCUT2D eigenvalue weighted by atomic mass is 16.6. The van der Waals surface area contributed by atoms with Gasteiger partial charge in [0.05, 0.1) is 7.11 Å². The molecule has 38 heavy (non-hydrogen) atoms. The molecule has 0 fully saturated rings. The third-order valence-corrected chi connectivity index (χ3v) is 6.50. The maximum atomic E-state index is 11.8. The highest BCUT2D eigenvalue weighted by molar-refractivity contribution is 5.78. The molecule has 0 bridgehead atoms. The van der Waals surface area contributed by atoms with Crippen LogP contribution in [0, 0.1) is 0 Å². The van der Waals surface area contributed by atoms with Crippen molar-refractivity contribution in [2.75, 3.05) is 7.11 Å². The monoisotopic (exact) mass is 534 g/mol. The molecule has 0 aliphatic carbocycles.